The van der Waals surface area contributed by atoms with E-state index in [1.165, 1.54) is 9.80 Å². The molecule has 0 spiro atoms. The van der Waals surface area contributed by atoms with Gasteiger partial charge in [-0.15, -0.1) is 0 Å². The third-order valence-corrected chi connectivity index (χ3v) is 9.96. The van der Waals surface area contributed by atoms with Crippen LogP contribution in [0.1, 0.15) is 82.5 Å². The number of imide groups is 2. The van der Waals surface area contributed by atoms with Gasteiger partial charge in [-0.3, -0.25) is 59.1 Å². The topological polar surface area (TPSA) is 142 Å². The van der Waals surface area contributed by atoms with Crippen LogP contribution < -0.4 is 5.32 Å². The molecule has 3 unspecified atom stereocenters. The van der Waals surface area contributed by atoms with Crippen LogP contribution >= 0.6 is 0 Å². The lowest BCUT2D eigenvalue weighted by Gasteiger charge is -2.46. The van der Waals surface area contributed by atoms with Crippen LogP contribution in [0.2, 0.25) is 0 Å². The number of benzene rings is 4. The highest BCUT2D eigenvalue weighted by molar-refractivity contribution is 6.30. The van der Waals surface area contributed by atoms with Crippen molar-refractivity contribution in [3.8, 4) is 0 Å². The van der Waals surface area contributed by atoms with Crippen LogP contribution in [0.5, 0.6) is 0 Å². The van der Waals surface area contributed by atoms with Crippen LogP contribution in [0.15, 0.2) is 73.3 Å². The molecule has 3 atom stereocenters. The summed E-state index contributed by atoms with van der Waals surface area (Å²) in [7, 11) is 0. The van der Waals surface area contributed by atoms with E-state index in [9.17, 15) is 19.2 Å². The average Bonchev–Trinajstić information content (AvgIpc) is 3.12. The second-order valence-corrected chi connectivity index (χ2v) is 13.1. The molecule has 12 nitrogen and oxygen atoms in total. The molecule has 1 N–H and O–H groups in total. The molecule has 8 rings (SSSR count). The summed E-state index contributed by atoms with van der Waals surface area (Å²) in [5.74, 6) is -1.68. The zero-order chi connectivity index (χ0) is 35.0. The standard InChI is InChI=1S/C38H34N8O4/c1-6-30(43-20(4)45-35(47)24-11-7-9-22-31(24)26(37(45)49)17-28-33(22)41-15-13-39-28)44(19(2)3)21(5)46-36(48)25-12-8-10-23-32(25)27(38(46)50)18-29-34(23)42-16-14-40-29/h7-21,30,43H,6H2,1-5H3. The van der Waals surface area contributed by atoms with Gasteiger partial charge >= 0.3 is 0 Å². The van der Waals surface area contributed by atoms with Gasteiger partial charge < -0.3 is 0 Å². The Morgan fingerprint density at radius 3 is 1.60 bits per heavy atom. The summed E-state index contributed by atoms with van der Waals surface area (Å²) in [5.41, 5.74) is 4.00. The Bertz CT molecular complexity index is 2450. The molecule has 0 fully saturated rings. The van der Waals surface area contributed by atoms with Gasteiger partial charge in [-0.2, -0.15) is 0 Å². The molecule has 2 aliphatic rings. The zero-order valence-electron chi connectivity index (χ0n) is 28.2. The molecule has 0 bridgehead atoms. The van der Waals surface area contributed by atoms with Crippen LogP contribution in [0.3, 0.4) is 0 Å². The lowest BCUT2D eigenvalue weighted by atomic mass is 9.92. The molecule has 0 aliphatic carbocycles. The summed E-state index contributed by atoms with van der Waals surface area (Å²) >= 11 is 0. The summed E-state index contributed by atoms with van der Waals surface area (Å²) in [6.07, 6.45) is 4.99. The summed E-state index contributed by atoms with van der Waals surface area (Å²) in [5, 5.41) is 6.05. The molecule has 4 aromatic carbocycles. The molecule has 6 aromatic rings. The number of fused-ring (bicyclic) bond motifs is 4. The van der Waals surface area contributed by atoms with Crippen LogP contribution in [-0.2, 0) is 0 Å². The summed E-state index contributed by atoms with van der Waals surface area (Å²) in [6, 6.07) is 14.0. The first-order valence-corrected chi connectivity index (χ1v) is 16.7. The van der Waals surface area contributed by atoms with Crippen LogP contribution in [-0.4, -0.2) is 82.8 Å². The van der Waals surface area contributed by atoms with Gasteiger partial charge in [0.05, 0.1) is 51.7 Å². The van der Waals surface area contributed by atoms with Crippen molar-refractivity contribution in [2.45, 2.75) is 65.6 Å². The quantitative estimate of drug-likeness (QED) is 0.126. The first-order chi connectivity index (χ1) is 24.1. The first-order valence-electron chi connectivity index (χ1n) is 16.7. The molecule has 4 heterocycles. The Hall–Kier alpha value is -5.72. The Morgan fingerprint density at radius 1 is 0.640 bits per heavy atom. The maximum Gasteiger partial charge on any atom is 0.262 e. The van der Waals surface area contributed by atoms with E-state index in [4.69, 9.17) is 0 Å². The first kappa shape index (κ1) is 31.5. The maximum atomic E-state index is 14.3. The number of carbonyl (C=O) groups is 4. The van der Waals surface area contributed by atoms with Crippen molar-refractivity contribution in [1.82, 2.24) is 40.0 Å². The van der Waals surface area contributed by atoms with Crippen molar-refractivity contribution in [1.29, 1.82) is 0 Å². The van der Waals surface area contributed by atoms with Crippen LogP contribution in [0, 0.1) is 0 Å². The van der Waals surface area contributed by atoms with Crippen molar-refractivity contribution >= 4 is 67.2 Å². The van der Waals surface area contributed by atoms with Crippen molar-refractivity contribution in [3.05, 3.63) is 95.6 Å². The average molecular weight is 667 g/mol. The maximum absolute atomic E-state index is 14.3. The SMILES string of the molecule is CCC(NC(C)N1C(=O)c2cccc3c2c(cc2nccnc23)C1=O)N(C(C)C)C(C)N1C(=O)c2cccc3c2c(cc2nccnc23)C1=O. The minimum atomic E-state index is -0.749. The highest BCUT2D eigenvalue weighted by Gasteiger charge is 2.42. The van der Waals surface area contributed by atoms with E-state index < -0.39 is 42.1 Å². The number of amides is 4. The van der Waals surface area contributed by atoms with Gasteiger partial charge in [-0.1, -0.05) is 31.2 Å². The lowest BCUT2D eigenvalue weighted by molar-refractivity contribution is -0.00987. The van der Waals surface area contributed by atoms with Gasteiger partial charge in [0.25, 0.3) is 23.6 Å². The van der Waals surface area contributed by atoms with Crippen molar-refractivity contribution < 1.29 is 19.2 Å². The fourth-order valence-electron chi connectivity index (χ4n) is 7.86. The molecule has 12 heteroatoms. The molecule has 0 saturated heterocycles. The Morgan fingerprint density at radius 2 is 1.10 bits per heavy atom. The molecule has 2 aromatic heterocycles. The Labute approximate surface area is 287 Å². The Balaban J connectivity index is 1.13. The van der Waals surface area contributed by atoms with Gasteiger partial charge in [-0.05, 0) is 58.4 Å². The van der Waals surface area contributed by atoms with E-state index in [0.717, 1.165) is 0 Å². The van der Waals surface area contributed by atoms with Crippen LogP contribution in [0.4, 0.5) is 0 Å². The zero-order valence-corrected chi connectivity index (χ0v) is 28.2. The number of hydrogen-bond acceptors (Lipinski definition) is 10. The number of aromatic nitrogens is 4. The predicted octanol–water partition coefficient (Wildman–Crippen LogP) is 5.50. The number of rotatable bonds is 8. The van der Waals surface area contributed by atoms with E-state index in [1.54, 1.807) is 68.1 Å². The second-order valence-electron chi connectivity index (χ2n) is 13.1. The molecular formula is C38H34N8O4. The third-order valence-electron chi connectivity index (χ3n) is 9.96. The highest BCUT2D eigenvalue weighted by atomic mass is 16.2. The smallest absolute Gasteiger partial charge is 0.262 e. The predicted molar refractivity (Wildman–Crippen MR) is 188 cm³/mol. The molecule has 4 amide bonds. The number of nitrogens with one attached hydrogen (secondary N) is 1. The minimum absolute atomic E-state index is 0.151. The normalized spacial score (nSPS) is 16.5. The fourth-order valence-corrected chi connectivity index (χ4v) is 7.86. The highest BCUT2D eigenvalue weighted by Crippen LogP contribution is 2.37. The Kier molecular flexibility index (Phi) is 7.39. The molecule has 0 saturated carbocycles. The van der Waals surface area contributed by atoms with Crippen molar-refractivity contribution in [3.63, 3.8) is 0 Å². The van der Waals surface area contributed by atoms with Gasteiger partial charge in [-0.25, -0.2) is 0 Å². The molecule has 250 valence electrons. The van der Waals surface area contributed by atoms with Gasteiger partial charge in [0.1, 0.15) is 0 Å². The minimum Gasteiger partial charge on any atom is -0.281 e. The summed E-state index contributed by atoms with van der Waals surface area (Å²) < 4.78 is 0. The van der Waals surface area contributed by atoms with E-state index in [0.29, 0.717) is 72.3 Å². The molecule has 2 aliphatic heterocycles. The molecule has 50 heavy (non-hydrogen) atoms. The fraction of sp³-hybridized carbons (Fsp3) is 0.263. The monoisotopic (exact) mass is 666 g/mol. The summed E-state index contributed by atoms with van der Waals surface area (Å²) in [4.78, 5) is 79.1. The largest absolute Gasteiger partial charge is 0.281 e. The van der Waals surface area contributed by atoms with Crippen LogP contribution in [0.25, 0.3) is 43.6 Å². The lowest BCUT2D eigenvalue weighted by Crippen LogP contribution is -2.64. The van der Waals surface area contributed by atoms with Crippen molar-refractivity contribution in [2.24, 2.45) is 0 Å². The van der Waals surface area contributed by atoms with Crippen molar-refractivity contribution in [2.75, 3.05) is 0 Å². The number of hydrogen-bond donors (Lipinski definition) is 1. The summed E-state index contributed by atoms with van der Waals surface area (Å²) in [6.45, 7) is 9.56. The molecule has 0 radical (unpaired) electrons. The van der Waals surface area contributed by atoms with Gasteiger partial charge in [0, 0.05) is 63.5 Å². The van der Waals surface area contributed by atoms with Gasteiger partial charge in [0.2, 0.25) is 0 Å². The van der Waals surface area contributed by atoms with E-state index in [2.05, 4.69) is 25.3 Å². The molecular weight excluding hydrogens is 632 g/mol. The van der Waals surface area contributed by atoms with E-state index >= 15 is 0 Å². The number of nitrogens with zero attached hydrogens (tertiary/aromatic N) is 7. The number of carbonyl (C=O) groups excluding carboxylic acids is 4. The van der Waals surface area contributed by atoms with E-state index in [1.807, 2.05) is 44.7 Å². The third kappa shape index (κ3) is 4.52. The van der Waals surface area contributed by atoms with Gasteiger partial charge in [0.15, 0.2) is 0 Å². The second kappa shape index (κ2) is 11.7. The van der Waals surface area contributed by atoms with E-state index in [-0.39, 0.29) is 6.04 Å².